The zero-order valence-electron chi connectivity index (χ0n) is 12.6. The van der Waals surface area contributed by atoms with Gasteiger partial charge in [-0.05, 0) is 53.5 Å². The van der Waals surface area contributed by atoms with Crippen LogP contribution in [0, 0.1) is 0 Å². The van der Waals surface area contributed by atoms with Crippen LogP contribution in [0.5, 0.6) is 11.5 Å². The summed E-state index contributed by atoms with van der Waals surface area (Å²) < 4.78 is 11.4. The van der Waals surface area contributed by atoms with Gasteiger partial charge in [0.2, 0.25) is 5.91 Å². The van der Waals surface area contributed by atoms with Crippen molar-refractivity contribution < 1.29 is 24.2 Å². The van der Waals surface area contributed by atoms with E-state index in [1.807, 2.05) is 6.92 Å². The highest BCUT2D eigenvalue weighted by molar-refractivity contribution is 9.10. The van der Waals surface area contributed by atoms with Crippen molar-refractivity contribution in [3.8, 4) is 11.5 Å². The summed E-state index contributed by atoms with van der Waals surface area (Å²) in [4.78, 5) is 22.3. The first kappa shape index (κ1) is 18.0. The van der Waals surface area contributed by atoms with Crippen LogP contribution in [-0.2, 0) is 9.59 Å². The molecule has 6 nitrogen and oxygen atoms in total. The van der Waals surface area contributed by atoms with E-state index in [1.165, 1.54) is 20.1 Å². The number of carbonyl (C=O) groups excluding carboxylic acids is 1. The minimum absolute atomic E-state index is 0.487. The predicted molar refractivity (Wildman–Crippen MR) is 86.1 cm³/mol. The van der Waals surface area contributed by atoms with Gasteiger partial charge in [0.25, 0.3) is 0 Å². The Kier molecular flexibility index (Phi) is 6.91. The first-order valence-electron chi connectivity index (χ1n) is 6.60. The number of halogens is 1. The average molecular weight is 372 g/mol. The smallest absolute Gasteiger partial charge is 0.325 e. The number of nitrogens with one attached hydrogen (secondary N) is 1. The number of aliphatic carboxylic acids is 1. The summed E-state index contributed by atoms with van der Waals surface area (Å²) in [5.41, 5.74) is 0.713. The zero-order valence-corrected chi connectivity index (χ0v) is 14.1. The van der Waals surface area contributed by atoms with Crippen molar-refractivity contribution in [2.45, 2.75) is 19.9 Å². The van der Waals surface area contributed by atoms with Crippen LogP contribution < -0.4 is 14.8 Å². The van der Waals surface area contributed by atoms with Gasteiger partial charge >= 0.3 is 5.97 Å². The quantitative estimate of drug-likeness (QED) is 0.719. The number of carboxylic acid groups (broad SMARTS) is 1. The van der Waals surface area contributed by atoms with Crippen LogP contribution in [0.4, 0.5) is 0 Å². The molecule has 0 heterocycles. The highest BCUT2D eigenvalue weighted by atomic mass is 79.9. The van der Waals surface area contributed by atoms with E-state index >= 15 is 0 Å². The van der Waals surface area contributed by atoms with Crippen molar-refractivity contribution in [1.29, 1.82) is 0 Å². The first-order chi connectivity index (χ1) is 10.4. The Balaban J connectivity index is 2.89. The fourth-order valence-corrected chi connectivity index (χ4v) is 2.19. The maximum absolute atomic E-state index is 11.6. The normalized spacial score (nSPS) is 12.0. The average Bonchev–Trinajstić information content (AvgIpc) is 2.47. The van der Waals surface area contributed by atoms with Crippen molar-refractivity contribution in [2.75, 3.05) is 13.7 Å². The van der Waals surface area contributed by atoms with Gasteiger partial charge < -0.3 is 19.9 Å². The molecule has 0 aliphatic carbocycles. The van der Waals surface area contributed by atoms with E-state index in [2.05, 4.69) is 21.2 Å². The lowest BCUT2D eigenvalue weighted by molar-refractivity contribution is -0.140. The monoisotopic (exact) mass is 371 g/mol. The third-order valence-electron chi connectivity index (χ3n) is 2.70. The lowest BCUT2D eigenvalue weighted by atomic mass is 10.2. The van der Waals surface area contributed by atoms with Gasteiger partial charge in [0.15, 0.2) is 11.5 Å². The number of carboxylic acids is 1. The molecule has 1 aromatic carbocycles. The van der Waals surface area contributed by atoms with Crippen molar-refractivity contribution in [1.82, 2.24) is 5.32 Å². The van der Waals surface area contributed by atoms with Crippen LogP contribution >= 0.6 is 15.9 Å². The third-order valence-corrected chi connectivity index (χ3v) is 3.29. The van der Waals surface area contributed by atoms with Gasteiger partial charge in [-0.2, -0.15) is 0 Å². The minimum Gasteiger partial charge on any atom is -0.493 e. The van der Waals surface area contributed by atoms with E-state index in [-0.39, 0.29) is 0 Å². The van der Waals surface area contributed by atoms with Gasteiger partial charge in [-0.1, -0.05) is 0 Å². The SMILES string of the molecule is CCOc1c(Br)cc(/C=C/C(=O)NC(C)C(=O)O)cc1OC. The molecule has 0 aromatic heterocycles. The van der Waals surface area contributed by atoms with Crippen molar-refractivity contribution in [3.63, 3.8) is 0 Å². The van der Waals surface area contributed by atoms with Crippen LogP contribution in [0.1, 0.15) is 19.4 Å². The zero-order chi connectivity index (χ0) is 16.7. The van der Waals surface area contributed by atoms with Crippen LogP contribution in [0.3, 0.4) is 0 Å². The highest BCUT2D eigenvalue weighted by Gasteiger charge is 2.13. The molecule has 0 bridgehead atoms. The maximum Gasteiger partial charge on any atom is 0.325 e. The van der Waals surface area contributed by atoms with Gasteiger partial charge in [0.05, 0.1) is 18.2 Å². The molecule has 1 atom stereocenters. The molecular weight excluding hydrogens is 354 g/mol. The molecule has 2 N–H and O–H groups in total. The van der Waals surface area contributed by atoms with Gasteiger partial charge in [0.1, 0.15) is 6.04 Å². The topological polar surface area (TPSA) is 84.9 Å². The molecule has 0 aliphatic heterocycles. The molecule has 0 saturated carbocycles. The molecule has 0 fully saturated rings. The summed E-state index contributed by atoms with van der Waals surface area (Å²) in [5, 5.41) is 11.1. The van der Waals surface area contributed by atoms with Crippen LogP contribution in [0.2, 0.25) is 0 Å². The van der Waals surface area contributed by atoms with E-state index in [4.69, 9.17) is 14.6 Å². The van der Waals surface area contributed by atoms with Crippen LogP contribution in [0.15, 0.2) is 22.7 Å². The largest absolute Gasteiger partial charge is 0.493 e. The van der Waals surface area contributed by atoms with Gasteiger partial charge in [-0.25, -0.2) is 0 Å². The molecule has 0 radical (unpaired) electrons. The number of benzene rings is 1. The molecule has 1 aromatic rings. The number of rotatable bonds is 7. The lowest BCUT2D eigenvalue weighted by Crippen LogP contribution is -2.37. The summed E-state index contributed by atoms with van der Waals surface area (Å²) in [6, 6.07) is 2.55. The Hall–Kier alpha value is -2.02. The fourth-order valence-electron chi connectivity index (χ4n) is 1.62. The Morgan fingerprint density at radius 1 is 1.45 bits per heavy atom. The van der Waals surface area contributed by atoms with Crippen molar-refractivity contribution >= 4 is 33.9 Å². The molecule has 7 heteroatoms. The van der Waals surface area contributed by atoms with E-state index < -0.39 is 17.9 Å². The summed E-state index contributed by atoms with van der Waals surface area (Å²) in [7, 11) is 1.53. The van der Waals surface area contributed by atoms with Crippen molar-refractivity contribution in [3.05, 3.63) is 28.2 Å². The van der Waals surface area contributed by atoms with Gasteiger partial charge in [0, 0.05) is 6.08 Å². The van der Waals surface area contributed by atoms with E-state index in [0.717, 1.165) is 0 Å². The van der Waals surface area contributed by atoms with Crippen LogP contribution in [0.25, 0.3) is 6.08 Å². The number of hydrogen-bond donors (Lipinski definition) is 2. The molecule has 1 amide bonds. The van der Waals surface area contributed by atoms with Gasteiger partial charge in [-0.15, -0.1) is 0 Å². The van der Waals surface area contributed by atoms with Gasteiger partial charge in [-0.3, -0.25) is 9.59 Å². The second kappa shape index (κ2) is 8.43. The number of ether oxygens (including phenoxy) is 2. The number of amides is 1. The molecule has 120 valence electrons. The predicted octanol–water partition coefficient (Wildman–Crippen LogP) is 2.46. The minimum atomic E-state index is -1.09. The Morgan fingerprint density at radius 2 is 2.14 bits per heavy atom. The Morgan fingerprint density at radius 3 is 2.68 bits per heavy atom. The third kappa shape index (κ3) is 5.07. The van der Waals surface area contributed by atoms with Crippen molar-refractivity contribution in [2.24, 2.45) is 0 Å². The second-order valence-electron chi connectivity index (χ2n) is 4.37. The first-order valence-corrected chi connectivity index (χ1v) is 7.40. The Bertz CT molecular complexity index is 586. The summed E-state index contributed by atoms with van der Waals surface area (Å²) >= 11 is 3.39. The lowest BCUT2D eigenvalue weighted by Gasteiger charge is -2.12. The van der Waals surface area contributed by atoms with Crippen LogP contribution in [-0.4, -0.2) is 36.7 Å². The second-order valence-corrected chi connectivity index (χ2v) is 5.22. The molecule has 0 spiro atoms. The molecule has 1 rings (SSSR count). The maximum atomic E-state index is 11.6. The molecule has 0 aliphatic rings. The number of hydrogen-bond acceptors (Lipinski definition) is 4. The summed E-state index contributed by atoms with van der Waals surface area (Å²) in [6.07, 6.45) is 2.83. The molecule has 0 saturated heterocycles. The summed E-state index contributed by atoms with van der Waals surface area (Å²) in [6.45, 7) is 3.76. The van der Waals surface area contributed by atoms with E-state index in [0.29, 0.717) is 28.1 Å². The summed E-state index contributed by atoms with van der Waals surface area (Å²) in [5.74, 6) is -0.451. The Labute approximate surface area is 137 Å². The van der Waals surface area contributed by atoms with E-state index in [9.17, 15) is 9.59 Å². The standard InChI is InChI=1S/C15H18BrNO5/c1-4-22-14-11(16)7-10(8-12(14)21-3)5-6-13(18)17-9(2)15(19)20/h5-9H,4H2,1-3H3,(H,17,18)(H,19,20)/b6-5+. The molecular formula is C15H18BrNO5. The number of methoxy groups -OCH3 is 1. The van der Waals surface area contributed by atoms with E-state index in [1.54, 1.807) is 18.2 Å². The molecule has 22 heavy (non-hydrogen) atoms. The fraction of sp³-hybridized carbons (Fsp3) is 0.333. The highest BCUT2D eigenvalue weighted by Crippen LogP contribution is 2.36. The molecule has 1 unspecified atom stereocenters. The number of carbonyl (C=O) groups is 2.